The lowest BCUT2D eigenvalue weighted by atomic mass is 9.74. The standard InChI is InChI=1S/C18H23ClN6OS/c19-14-11(3-7-22-15(14)21)27-13-10-23-16(17(26)24-13)25-8-5-18(6-9-25)4-1-2-12(18)20/h3,7,10,12H,1-2,4-6,8-9,20H2,(H2,21,22)(H,24,26). The molecule has 5 N–H and O–H groups in total. The summed E-state index contributed by atoms with van der Waals surface area (Å²) in [5.74, 6) is 0.738. The minimum atomic E-state index is -0.190. The lowest BCUT2D eigenvalue weighted by molar-refractivity contribution is 0.197. The van der Waals surface area contributed by atoms with Gasteiger partial charge in [-0.1, -0.05) is 29.8 Å². The van der Waals surface area contributed by atoms with E-state index in [-0.39, 0.29) is 16.8 Å². The molecule has 0 bridgehead atoms. The molecular formula is C18H23ClN6OS. The lowest BCUT2D eigenvalue weighted by Crippen LogP contribution is -2.48. The molecule has 1 spiro atoms. The van der Waals surface area contributed by atoms with Gasteiger partial charge in [0.2, 0.25) is 0 Å². The predicted octanol–water partition coefficient (Wildman–Crippen LogP) is 2.65. The number of halogens is 1. The van der Waals surface area contributed by atoms with Crippen LogP contribution in [0.5, 0.6) is 0 Å². The van der Waals surface area contributed by atoms with Crippen LogP contribution < -0.4 is 21.9 Å². The maximum absolute atomic E-state index is 12.6. The van der Waals surface area contributed by atoms with Crippen LogP contribution in [0.15, 0.2) is 33.2 Å². The van der Waals surface area contributed by atoms with Crippen LogP contribution in [0, 0.1) is 5.41 Å². The Balaban J connectivity index is 1.48. The first-order chi connectivity index (χ1) is 13.0. The highest BCUT2D eigenvalue weighted by atomic mass is 35.5. The maximum atomic E-state index is 12.6. The number of nitrogen functional groups attached to an aromatic ring is 1. The molecule has 1 atom stereocenters. The highest BCUT2D eigenvalue weighted by molar-refractivity contribution is 7.99. The Kier molecular flexibility index (Phi) is 5.05. The van der Waals surface area contributed by atoms with Crippen LogP contribution in [-0.2, 0) is 0 Å². The first kappa shape index (κ1) is 18.6. The quantitative estimate of drug-likeness (QED) is 0.717. The molecule has 2 fully saturated rings. The number of pyridine rings is 1. The van der Waals surface area contributed by atoms with Gasteiger partial charge >= 0.3 is 0 Å². The highest BCUT2D eigenvalue weighted by Gasteiger charge is 2.43. The Bertz CT molecular complexity index is 896. The number of nitrogens with one attached hydrogen (secondary N) is 1. The Hall–Kier alpha value is -1.77. The summed E-state index contributed by atoms with van der Waals surface area (Å²) in [6.07, 6.45) is 8.84. The van der Waals surface area contributed by atoms with Crippen LogP contribution in [-0.4, -0.2) is 34.1 Å². The third kappa shape index (κ3) is 3.53. The SMILES string of the molecule is Nc1nccc(Sc2cnc(N3CCC4(CCCC4N)CC3)c(=O)[nH]2)c1Cl. The van der Waals surface area contributed by atoms with E-state index in [0.717, 1.165) is 37.2 Å². The first-order valence-electron chi connectivity index (χ1n) is 9.16. The van der Waals surface area contributed by atoms with E-state index in [1.807, 2.05) is 0 Å². The third-order valence-electron chi connectivity index (χ3n) is 5.88. The molecule has 7 nitrogen and oxygen atoms in total. The summed E-state index contributed by atoms with van der Waals surface area (Å²) in [6.45, 7) is 1.64. The van der Waals surface area contributed by atoms with Crippen molar-refractivity contribution in [3.05, 3.63) is 33.8 Å². The zero-order valence-corrected chi connectivity index (χ0v) is 16.5. The molecule has 1 saturated heterocycles. The van der Waals surface area contributed by atoms with Crippen LogP contribution in [0.4, 0.5) is 11.6 Å². The zero-order valence-electron chi connectivity index (χ0n) is 14.9. The molecule has 0 aromatic carbocycles. The molecule has 4 rings (SSSR count). The van der Waals surface area contributed by atoms with Gasteiger partial charge in [-0.2, -0.15) is 0 Å². The molecule has 144 valence electrons. The second-order valence-corrected chi connectivity index (χ2v) is 8.82. The number of H-pyrrole nitrogens is 1. The van der Waals surface area contributed by atoms with Crippen molar-refractivity contribution in [2.45, 2.75) is 48.1 Å². The molecule has 1 aliphatic heterocycles. The van der Waals surface area contributed by atoms with Gasteiger partial charge in [0.05, 0.1) is 16.2 Å². The number of nitrogens with two attached hydrogens (primary N) is 2. The van der Waals surface area contributed by atoms with Gasteiger partial charge in [0, 0.05) is 30.2 Å². The van der Waals surface area contributed by atoms with Crippen molar-refractivity contribution >= 4 is 35.0 Å². The number of aromatic amines is 1. The Morgan fingerprint density at radius 1 is 1.30 bits per heavy atom. The van der Waals surface area contributed by atoms with Crippen LogP contribution in [0.2, 0.25) is 5.02 Å². The Morgan fingerprint density at radius 3 is 2.74 bits per heavy atom. The van der Waals surface area contributed by atoms with Gasteiger partial charge in [0.25, 0.3) is 5.56 Å². The summed E-state index contributed by atoms with van der Waals surface area (Å²) in [4.78, 5) is 26.6. The number of hydrogen-bond acceptors (Lipinski definition) is 7. The average Bonchev–Trinajstić information content (AvgIpc) is 3.00. The van der Waals surface area contributed by atoms with E-state index >= 15 is 0 Å². The van der Waals surface area contributed by atoms with Crippen molar-refractivity contribution in [3.63, 3.8) is 0 Å². The van der Waals surface area contributed by atoms with Crippen LogP contribution in [0.25, 0.3) is 0 Å². The molecule has 2 aromatic rings. The maximum Gasteiger partial charge on any atom is 0.291 e. The van der Waals surface area contributed by atoms with Crippen LogP contribution >= 0.6 is 23.4 Å². The van der Waals surface area contributed by atoms with Gasteiger partial charge in [0.1, 0.15) is 5.82 Å². The van der Waals surface area contributed by atoms with Crippen LogP contribution in [0.3, 0.4) is 0 Å². The Morgan fingerprint density at radius 2 is 2.07 bits per heavy atom. The fourth-order valence-corrected chi connectivity index (χ4v) is 5.28. The van der Waals surface area contributed by atoms with Crippen molar-refractivity contribution in [2.24, 2.45) is 11.1 Å². The molecule has 27 heavy (non-hydrogen) atoms. The molecule has 0 amide bonds. The van der Waals surface area contributed by atoms with E-state index in [1.54, 1.807) is 18.5 Å². The molecule has 1 saturated carbocycles. The largest absolute Gasteiger partial charge is 0.382 e. The van der Waals surface area contributed by atoms with Crippen LogP contribution in [0.1, 0.15) is 32.1 Å². The highest BCUT2D eigenvalue weighted by Crippen LogP contribution is 2.45. The predicted molar refractivity (Wildman–Crippen MR) is 108 cm³/mol. The second kappa shape index (κ2) is 7.33. The summed E-state index contributed by atoms with van der Waals surface area (Å²) in [5.41, 5.74) is 12.1. The van der Waals surface area contributed by atoms with Gasteiger partial charge in [-0.05, 0) is 37.2 Å². The summed E-state index contributed by atoms with van der Waals surface area (Å²) in [6, 6.07) is 2.05. The zero-order chi connectivity index (χ0) is 19.0. The van der Waals surface area contributed by atoms with Gasteiger partial charge in [-0.15, -0.1) is 0 Å². The normalized spacial score (nSPS) is 21.7. The first-order valence-corrected chi connectivity index (χ1v) is 10.4. The van der Waals surface area contributed by atoms with E-state index in [0.29, 0.717) is 21.9 Å². The van der Waals surface area contributed by atoms with Crippen molar-refractivity contribution < 1.29 is 0 Å². The number of hydrogen-bond donors (Lipinski definition) is 3. The Labute approximate surface area is 166 Å². The number of rotatable bonds is 3. The van der Waals surface area contributed by atoms with E-state index in [1.165, 1.54) is 24.6 Å². The molecule has 1 aliphatic carbocycles. The molecule has 1 unspecified atom stereocenters. The molecule has 2 aliphatic rings. The van der Waals surface area contributed by atoms with Crippen molar-refractivity contribution in [2.75, 3.05) is 23.7 Å². The summed E-state index contributed by atoms with van der Waals surface area (Å²) in [5, 5.41) is 0.990. The second-order valence-electron chi connectivity index (χ2n) is 7.36. The van der Waals surface area contributed by atoms with E-state index in [2.05, 4.69) is 19.9 Å². The van der Waals surface area contributed by atoms with E-state index in [4.69, 9.17) is 23.1 Å². The van der Waals surface area contributed by atoms with Gasteiger partial charge in [-0.3, -0.25) is 4.79 Å². The number of piperidine rings is 1. The number of anilines is 2. The van der Waals surface area contributed by atoms with Crippen molar-refractivity contribution in [3.8, 4) is 0 Å². The molecule has 2 aromatic heterocycles. The van der Waals surface area contributed by atoms with Gasteiger partial charge < -0.3 is 21.4 Å². The van der Waals surface area contributed by atoms with Crippen molar-refractivity contribution in [1.82, 2.24) is 15.0 Å². The number of nitrogens with zero attached hydrogens (tertiary/aromatic N) is 3. The van der Waals surface area contributed by atoms with Gasteiger partial charge in [0.15, 0.2) is 5.82 Å². The summed E-state index contributed by atoms with van der Waals surface area (Å²) < 4.78 is 0. The average molecular weight is 407 g/mol. The lowest BCUT2D eigenvalue weighted by Gasteiger charge is -2.42. The summed E-state index contributed by atoms with van der Waals surface area (Å²) in [7, 11) is 0. The monoisotopic (exact) mass is 406 g/mol. The minimum absolute atomic E-state index is 0.190. The molecule has 3 heterocycles. The smallest absolute Gasteiger partial charge is 0.291 e. The molecule has 0 radical (unpaired) electrons. The topological polar surface area (TPSA) is 114 Å². The van der Waals surface area contributed by atoms with Crippen molar-refractivity contribution in [1.29, 1.82) is 0 Å². The molecular weight excluding hydrogens is 384 g/mol. The van der Waals surface area contributed by atoms with E-state index in [9.17, 15) is 4.79 Å². The van der Waals surface area contributed by atoms with Gasteiger partial charge in [-0.25, -0.2) is 9.97 Å². The number of aromatic nitrogens is 3. The fraction of sp³-hybridized carbons (Fsp3) is 0.500. The minimum Gasteiger partial charge on any atom is -0.382 e. The van der Waals surface area contributed by atoms with E-state index < -0.39 is 0 Å². The summed E-state index contributed by atoms with van der Waals surface area (Å²) >= 11 is 7.48. The fourth-order valence-electron chi connectivity index (χ4n) is 4.24. The molecule has 9 heteroatoms. The third-order valence-corrected chi connectivity index (χ3v) is 7.38.